The van der Waals surface area contributed by atoms with Crippen molar-refractivity contribution in [3.8, 4) is 11.3 Å². The summed E-state index contributed by atoms with van der Waals surface area (Å²) >= 11 is 11.8. The highest BCUT2D eigenvalue weighted by Gasteiger charge is 2.13. The molecule has 2 N–H and O–H groups in total. The van der Waals surface area contributed by atoms with E-state index in [1.165, 1.54) is 12.3 Å². The van der Waals surface area contributed by atoms with Crippen molar-refractivity contribution in [3.05, 3.63) is 82.5 Å². The molecule has 26 heavy (non-hydrogen) atoms. The van der Waals surface area contributed by atoms with Gasteiger partial charge in [0, 0.05) is 10.6 Å². The Balaban J connectivity index is 1.63. The summed E-state index contributed by atoms with van der Waals surface area (Å²) in [5, 5.41) is 5.69. The third kappa shape index (κ3) is 4.39. The second-order valence-corrected chi connectivity index (χ2v) is 6.17. The van der Waals surface area contributed by atoms with Crippen LogP contribution >= 0.6 is 23.2 Å². The molecule has 0 atom stereocenters. The molecule has 0 aliphatic carbocycles. The Hall–Kier alpha value is -2.89. The van der Waals surface area contributed by atoms with Crippen molar-refractivity contribution in [2.75, 3.05) is 5.32 Å². The molecule has 130 valence electrons. The second-order valence-electron chi connectivity index (χ2n) is 5.33. The Morgan fingerprint density at radius 3 is 2.27 bits per heavy atom. The average Bonchev–Trinajstić information content (AvgIpc) is 2.63. The van der Waals surface area contributed by atoms with Crippen molar-refractivity contribution in [2.24, 2.45) is 0 Å². The lowest BCUT2D eigenvalue weighted by Crippen LogP contribution is -2.34. The van der Waals surface area contributed by atoms with E-state index in [-0.39, 0.29) is 10.6 Å². The van der Waals surface area contributed by atoms with Gasteiger partial charge in [0.15, 0.2) is 0 Å². The van der Waals surface area contributed by atoms with Gasteiger partial charge in [0.2, 0.25) is 0 Å². The van der Waals surface area contributed by atoms with Crippen LogP contribution in [-0.2, 0) is 0 Å². The van der Waals surface area contributed by atoms with Crippen LogP contribution in [0.15, 0.2) is 66.9 Å². The lowest BCUT2D eigenvalue weighted by atomic mass is 10.1. The summed E-state index contributed by atoms with van der Waals surface area (Å²) in [6.07, 6.45) is 1.50. The summed E-state index contributed by atoms with van der Waals surface area (Å²) in [6.45, 7) is 0. The summed E-state index contributed by atoms with van der Waals surface area (Å²) in [5.41, 5.74) is 2.31. The minimum atomic E-state index is -0.670. The molecule has 3 aromatic rings. The fourth-order valence-electron chi connectivity index (χ4n) is 2.24. The molecule has 3 amide bonds. The molecule has 0 saturated carbocycles. The zero-order valence-corrected chi connectivity index (χ0v) is 14.9. The Morgan fingerprint density at radius 2 is 1.62 bits per heavy atom. The predicted octanol–water partition coefficient (Wildman–Crippen LogP) is 5.02. The van der Waals surface area contributed by atoms with Crippen LogP contribution < -0.4 is 10.6 Å². The standard InChI is InChI=1S/C19H13Cl2N3O2/c20-13-7-5-12(6-8-13)17-10-9-14(11-22-17)23-19(26)24-18(25)15-3-1-2-4-16(15)21/h1-11H,(H2,23,24,25,26). The highest BCUT2D eigenvalue weighted by molar-refractivity contribution is 6.34. The molecule has 2 aromatic carbocycles. The van der Waals surface area contributed by atoms with E-state index in [9.17, 15) is 9.59 Å². The highest BCUT2D eigenvalue weighted by atomic mass is 35.5. The van der Waals surface area contributed by atoms with Crippen LogP contribution in [0.4, 0.5) is 10.5 Å². The molecule has 0 unspecified atom stereocenters. The van der Waals surface area contributed by atoms with Gasteiger partial charge in [-0.1, -0.05) is 47.5 Å². The summed E-state index contributed by atoms with van der Waals surface area (Å²) in [4.78, 5) is 28.3. The molecule has 0 aliphatic heterocycles. The number of rotatable bonds is 3. The van der Waals surface area contributed by atoms with Crippen LogP contribution in [0, 0.1) is 0 Å². The summed E-state index contributed by atoms with van der Waals surface area (Å²) in [6, 6.07) is 16.5. The van der Waals surface area contributed by atoms with E-state index in [2.05, 4.69) is 15.6 Å². The van der Waals surface area contributed by atoms with Gasteiger partial charge in [-0.3, -0.25) is 15.1 Å². The molecule has 3 rings (SSSR count). The van der Waals surface area contributed by atoms with Crippen molar-refractivity contribution in [2.45, 2.75) is 0 Å². The van der Waals surface area contributed by atoms with E-state index in [4.69, 9.17) is 23.2 Å². The molecule has 1 aromatic heterocycles. The van der Waals surface area contributed by atoms with Crippen molar-refractivity contribution in [1.29, 1.82) is 0 Å². The predicted molar refractivity (Wildman–Crippen MR) is 103 cm³/mol. The largest absolute Gasteiger partial charge is 0.326 e. The zero-order valence-electron chi connectivity index (χ0n) is 13.4. The Labute approximate surface area is 160 Å². The molecule has 0 saturated heterocycles. The summed E-state index contributed by atoms with van der Waals surface area (Å²) in [5.74, 6) is -0.584. The zero-order chi connectivity index (χ0) is 18.5. The SMILES string of the molecule is O=C(NC(=O)c1ccccc1Cl)Nc1ccc(-c2ccc(Cl)cc2)nc1. The lowest BCUT2D eigenvalue weighted by molar-refractivity contribution is 0.0967. The molecular weight excluding hydrogens is 373 g/mol. The fraction of sp³-hybridized carbons (Fsp3) is 0. The molecule has 1 heterocycles. The number of imide groups is 1. The topological polar surface area (TPSA) is 71.1 Å². The number of hydrogen-bond acceptors (Lipinski definition) is 3. The van der Waals surface area contributed by atoms with E-state index in [1.54, 1.807) is 42.5 Å². The number of nitrogens with zero attached hydrogens (tertiary/aromatic N) is 1. The van der Waals surface area contributed by atoms with Gasteiger partial charge in [-0.2, -0.15) is 0 Å². The Morgan fingerprint density at radius 1 is 0.885 bits per heavy atom. The van der Waals surface area contributed by atoms with Crippen molar-refractivity contribution in [3.63, 3.8) is 0 Å². The minimum absolute atomic E-state index is 0.223. The van der Waals surface area contributed by atoms with Crippen LogP contribution in [0.5, 0.6) is 0 Å². The maximum absolute atomic E-state index is 12.0. The first-order chi connectivity index (χ1) is 12.5. The number of anilines is 1. The first kappa shape index (κ1) is 17.9. The van der Waals surface area contributed by atoms with Crippen molar-refractivity contribution in [1.82, 2.24) is 10.3 Å². The number of halogens is 2. The number of carbonyl (C=O) groups excluding carboxylic acids is 2. The van der Waals surface area contributed by atoms with Gasteiger partial charge in [0.1, 0.15) is 0 Å². The Kier molecular flexibility index (Phi) is 5.51. The number of hydrogen-bond donors (Lipinski definition) is 2. The molecule has 0 aliphatic rings. The Bertz CT molecular complexity index is 942. The summed E-state index contributed by atoms with van der Waals surface area (Å²) in [7, 11) is 0. The lowest BCUT2D eigenvalue weighted by Gasteiger charge is -2.08. The van der Waals surface area contributed by atoms with Gasteiger partial charge < -0.3 is 5.32 Å². The van der Waals surface area contributed by atoms with Crippen molar-refractivity contribution >= 4 is 40.8 Å². The van der Waals surface area contributed by atoms with Gasteiger partial charge >= 0.3 is 6.03 Å². The summed E-state index contributed by atoms with van der Waals surface area (Å²) < 4.78 is 0. The second kappa shape index (κ2) is 7.99. The van der Waals surface area contributed by atoms with Gasteiger partial charge in [-0.25, -0.2) is 4.79 Å². The maximum Gasteiger partial charge on any atom is 0.326 e. The molecule has 0 radical (unpaired) electrons. The third-order valence-corrected chi connectivity index (χ3v) is 4.09. The van der Waals surface area contributed by atoms with Crippen molar-refractivity contribution < 1.29 is 9.59 Å². The van der Waals surface area contributed by atoms with E-state index in [1.807, 2.05) is 12.1 Å². The van der Waals surface area contributed by atoms with E-state index < -0.39 is 11.9 Å². The average molecular weight is 386 g/mol. The number of carbonyl (C=O) groups is 2. The molecule has 0 spiro atoms. The molecular formula is C19H13Cl2N3O2. The minimum Gasteiger partial charge on any atom is -0.306 e. The first-order valence-corrected chi connectivity index (χ1v) is 8.37. The van der Waals surface area contributed by atoms with E-state index in [0.717, 1.165) is 11.3 Å². The van der Waals surface area contributed by atoms with E-state index in [0.29, 0.717) is 10.7 Å². The molecule has 7 heteroatoms. The quantitative estimate of drug-likeness (QED) is 0.664. The molecule has 0 bridgehead atoms. The monoisotopic (exact) mass is 385 g/mol. The van der Waals surface area contributed by atoms with Gasteiger partial charge in [0.05, 0.1) is 28.2 Å². The number of pyridine rings is 1. The number of nitrogens with one attached hydrogen (secondary N) is 2. The van der Waals surface area contributed by atoms with Crippen LogP contribution in [0.3, 0.4) is 0 Å². The van der Waals surface area contributed by atoms with Gasteiger partial charge in [-0.15, -0.1) is 0 Å². The third-order valence-electron chi connectivity index (χ3n) is 3.51. The van der Waals surface area contributed by atoms with Crippen LogP contribution in [-0.4, -0.2) is 16.9 Å². The van der Waals surface area contributed by atoms with E-state index >= 15 is 0 Å². The maximum atomic E-state index is 12.0. The fourth-order valence-corrected chi connectivity index (χ4v) is 2.58. The molecule has 5 nitrogen and oxygen atoms in total. The van der Waals surface area contributed by atoms with Crippen LogP contribution in [0.2, 0.25) is 10.0 Å². The van der Waals surface area contributed by atoms with Gasteiger partial charge in [0.25, 0.3) is 5.91 Å². The number of urea groups is 1. The smallest absolute Gasteiger partial charge is 0.306 e. The van der Waals surface area contributed by atoms with Crippen LogP contribution in [0.25, 0.3) is 11.3 Å². The highest BCUT2D eigenvalue weighted by Crippen LogP contribution is 2.20. The van der Waals surface area contributed by atoms with Crippen LogP contribution in [0.1, 0.15) is 10.4 Å². The number of benzene rings is 2. The van der Waals surface area contributed by atoms with Gasteiger partial charge in [-0.05, 0) is 36.4 Å². The normalized spacial score (nSPS) is 10.2. The number of aromatic nitrogens is 1. The molecule has 0 fully saturated rings. The number of amides is 3. The first-order valence-electron chi connectivity index (χ1n) is 7.62.